The predicted octanol–water partition coefficient (Wildman–Crippen LogP) is 0.670. The van der Waals surface area contributed by atoms with Gasteiger partial charge >= 0.3 is 0 Å². The Kier molecular flexibility index (Phi) is 1.83. The molecule has 0 aliphatic carbocycles. The normalized spacial score (nSPS) is 23.7. The molecule has 0 fully saturated rings. The fourth-order valence-corrected chi connectivity index (χ4v) is 0.670. The van der Waals surface area contributed by atoms with Gasteiger partial charge in [0.1, 0.15) is 0 Å². The average Bonchev–Trinajstić information content (AvgIpc) is 1.90. The van der Waals surface area contributed by atoms with E-state index in [9.17, 15) is 0 Å². The maximum atomic E-state index is 3.80. The van der Waals surface area contributed by atoms with Crippen molar-refractivity contribution in [1.82, 2.24) is 4.90 Å². The van der Waals surface area contributed by atoms with Crippen molar-refractivity contribution in [3.05, 3.63) is 18.4 Å². The standard InChI is InChI=1S/C7H10N2/c1-9(2)7-3-5-8-6-4-7/h3-5,7H,1-2H3. The highest BCUT2D eigenvalue weighted by Crippen LogP contribution is 1.98. The van der Waals surface area contributed by atoms with Gasteiger partial charge < -0.3 is 0 Å². The molecule has 2 nitrogen and oxygen atoms in total. The van der Waals surface area contributed by atoms with E-state index in [1.807, 2.05) is 26.2 Å². The van der Waals surface area contributed by atoms with Crippen molar-refractivity contribution < 1.29 is 0 Å². The van der Waals surface area contributed by atoms with E-state index in [4.69, 9.17) is 0 Å². The zero-order valence-corrected chi connectivity index (χ0v) is 5.70. The summed E-state index contributed by atoms with van der Waals surface area (Å²) in [5.41, 5.74) is 0. The largest absolute Gasteiger partial charge is 0.299 e. The lowest BCUT2D eigenvalue weighted by Crippen LogP contribution is -2.24. The van der Waals surface area contributed by atoms with Crippen LogP contribution in [0.25, 0.3) is 0 Å². The first-order chi connectivity index (χ1) is 4.30. The Labute approximate surface area is 55.2 Å². The molecule has 0 saturated heterocycles. The van der Waals surface area contributed by atoms with Gasteiger partial charge in [0.05, 0.1) is 6.04 Å². The molecule has 0 amide bonds. The molecule has 0 bridgehead atoms. The predicted molar refractivity (Wildman–Crippen MR) is 38.6 cm³/mol. The third-order valence-electron chi connectivity index (χ3n) is 1.27. The van der Waals surface area contributed by atoms with E-state index in [1.165, 1.54) is 0 Å². The SMILES string of the molecule is CN(C)C1C=C=NC=C1. The van der Waals surface area contributed by atoms with Crippen molar-refractivity contribution in [2.45, 2.75) is 6.04 Å². The summed E-state index contributed by atoms with van der Waals surface area (Å²) in [6.45, 7) is 0. The molecular formula is C7H10N2. The molecule has 1 heterocycles. The summed E-state index contributed by atoms with van der Waals surface area (Å²) in [7, 11) is 4.05. The van der Waals surface area contributed by atoms with Crippen LogP contribution in [0.1, 0.15) is 0 Å². The molecule has 0 aromatic rings. The lowest BCUT2D eigenvalue weighted by molar-refractivity contribution is 0.392. The molecule has 1 unspecified atom stereocenters. The zero-order valence-electron chi connectivity index (χ0n) is 5.70. The van der Waals surface area contributed by atoms with Crippen LogP contribution in [0.2, 0.25) is 0 Å². The van der Waals surface area contributed by atoms with Gasteiger partial charge in [-0.2, -0.15) is 0 Å². The van der Waals surface area contributed by atoms with E-state index in [-0.39, 0.29) is 0 Å². The highest BCUT2D eigenvalue weighted by Gasteiger charge is 2.02. The van der Waals surface area contributed by atoms with Gasteiger partial charge in [0.25, 0.3) is 0 Å². The Morgan fingerprint density at radius 1 is 1.56 bits per heavy atom. The van der Waals surface area contributed by atoms with Crippen LogP contribution in [0.4, 0.5) is 0 Å². The lowest BCUT2D eigenvalue weighted by atomic mass is 10.2. The Bertz CT molecular complexity index is 173. The number of hydrogen-bond acceptors (Lipinski definition) is 2. The van der Waals surface area contributed by atoms with Crippen LogP contribution in [-0.4, -0.2) is 30.9 Å². The zero-order chi connectivity index (χ0) is 6.69. The molecule has 48 valence electrons. The first-order valence-electron chi connectivity index (χ1n) is 2.92. The van der Waals surface area contributed by atoms with Gasteiger partial charge in [-0.15, -0.1) is 0 Å². The van der Waals surface area contributed by atoms with E-state index in [1.54, 1.807) is 6.20 Å². The first kappa shape index (κ1) is 6.27. The molecule has 1 aliphatic heterocycles. The molecule has 1 aliphatic rings. The molecule has 0 N–H and O–H groups in total. The van der Waals surface area contributed by atoms with Crippen LogP contribution < -0.4 is 0 Å². The number of aliphatic imine (C=N–C) groups is 1. The topological polar surface area (TPSA) is 15.6 Å². The summed E-state index contributed by atoms with van der Waals surface area (Å²) in [6.07, 6.45) is 5.72. The van der Waals surface area contributed by atoms with Gasteiger partial charge in [0.15, 0.2) is 0 Å². The Hall–Kier alpha value is -0.850. The summed E-state index contributed by atoms with van der Waals surface area (Å²) >= 11 is 0. The number of hydrogen-bond donors (Lipinski definition) is 0. The van der Waals surface area contributed by atoms with Crippen molar-refractivity contribution in [3.8, 4) is 0 Å². The minimum Gasteiger partial charge on any atom is -0.299 e. The molecule has 0 spiro atoms. The monoisotopic (exact) mass is 122 g/mol. The van der Waals surface area contributed by atoms with Gasteiger partial charge in [-0.25, -0.2) is 4.99 Å². The van der Waals surface area contributed by atoms with Crippen molar-refractivity contribution in [3.63, 3.8) is 0 Å². The van der Waals surface area contributed by atoms with Gasteiger partial charge in [0, 0.05) is 6.20 Å². The third-order valence-corrected chi connectivity index (χ3v) is 1.27. The van der Waals surface area contributed by atoms with Crippen LogP contribution in [0.5, 0.6) is 0 Å². The average molecular weight is 122 g/mol. The molecule has 2 heteroatoms. The second-order valence-electron chi connectivity index (χ2n) is 2.22. The minimum absolute atomic E-state index is 0.377. The lowest BCUT2D eigenvalue weighted by Gasteiger charge is -2.15. The molecule has 1 atom stereocenters. The van der Waals surface area contributed by atoms with E-state index < -0.39 is 0 Å². The van der Waals surface area contributed by atoms with Crippen LogP contribution in [0.15, 0.2) is 23.3 Å². The molecule has 0 saturated carbocycles. The molecule has 1 rings (SSSR count). The Morgan fingerprint density at radius 3 is 2.67 bits per heavy atom. The molecule has 0 radical (unpaired) electrons. The smallest absolute Gasteiger partial charge is 0.0564 e. The van der Waals surface area contributed by atoms with E-state index in [2.05, 4.69) is 15.8 Å². The van der Waals surface area contributed by atoms with Gasteiger partial charge in [-0.05, 0) is 32.1 Å². The van der Waals surface area contributed by atoms with Crippen molar-refractivity contribution in [1.29, 1.82) is 0 Å². The minimum atomic E-state index is 0.377. The number of rotatable bonds is 1. The van der Waals surface area contributed by atoms with Crippen LogP contribution in [0.3, 0.4) is 0 Å². The summed E-state index contributed by atoms with van der Waals surface area (Å²) < 4.78 is 0. The van der Waals surface area contributed by atoms with Crippen molar-refractivity contribution >= 4 is 5.87 Å². The maximum absolute atomic E-state index is 3.80. The second kappa shape index (κ2) is 2.62. The first-order valence-corrected chi connectivity index (χ1v) is 2.92. The highest BCUT2D eigenvalue weighted by molar-refractivity contribution is 5.56. The van der Waals surface area contributed by atoms with Crippen molar-refractivity contribution in [2.24, 2.45) is 4.99 Å². The van der Waals surface area contributed by atoms with E-state index in [0.29, 0.717) is 6.04 Å². The van der Waals surface area contributed by atoms with Crippen LogP contribution in [0, 0.1) is 0 Å². The van der Waals surface area contributed by atoms with Gasteiger partial charge in [0.2, 0.25) is 0 Å². The quantitative estimate of drug-likeness (QED) is 0.499. The fourth-order valence-electron chi connectivity index (χ4n) is 0.670. The summed E-state index contributed by atoms with van der Waals surface area (Å²) in [6, 6.07) is 0.377. The molecule has 0 aromatic heterocycles. The van der Waals surface area contributed by atoms with Gasteiger partial charge in [-0.1, -0.05) is 0 Å². The third kappa shape index (κ3) is 1.53. The van der Waals surface area contributed by atoms with Crippen LogP contribution in [-0.2, 0) is 0 Å². The maximum Gasteiger partial charge on any atom is 0.0564 e. The van der Waals surface area contributed by atoms with E-state index in [0.717, 1.165) is 0 Å². The van der Waals surface area contributed by atoms with Gasteiger partial charge in [-0.3, -0.25) is 4.90 Å². The number of nitrogens with zero attached hydrogens (tertiary/aromatic N) is 2. The molecule has 0 aromatic carbocycles. The fraction of sp³-hybridized carbons (Fsp3) is 0.429. The Morgan fingerprint density at radius 2 is 2.33 bits per heavy atom. The second-order valence-corrected chi connectivity index (χ2v) is 2.22. The molecular weight excluding hydrogens is 112 g/mol. The van der Waals surface area contributed by atoms with Crippen molar-refractivity contribution in [2.75, 3.05) is 14.1 Å². The van der Waals surface area contributed by atoms with E-state index >= 15 is 0 Å². The summed E-state index contributed by atoms with van der Waals surface area (Å²) in [4.78, 5) is 5.89. The van der Waals surface area contributed by atoms with Crippen LogP contribution >= 0.6 is 0 Å². The summed E-state index contributed by atoms with van der Waals surface area (Å²) in [5.74, 6) is 2.79. The Balaban J connectivity index is 2.65. The summed E-state index contributed by atoms with van der Waals surface area (Å²) in [5, 5.41) is 0. The highest BCUT2D eigenvalue weighted by atomic mass is 15.1. The molecule has 9 heavy (non-hydrogen) atoms. The number of likely N-dealkylation sites (N-methyl/N-ethyl adjacent to an activating group) is 1.